The van der Waals surface area contributed by atoms with Crippen molar-refractivity contribution in [3.63, 3.8) is 0 Å². The number of carbonyl (C=O) groups excluding carboxylic acids is 2. The molecule has 2 aromatic carbocycles. The minimum absolute atomic E-state index is 0.0342. The Labute approximate surface area is 209 Å². The molecule has 3 atom stereocenters. The molecule has 35 heavy (non-hydrogen) atoms. The van der Waals surface area contributed by atoms with E-state index in [-0.39, 0.29) is 29.7 Å². The van der Waals surface area contributed by atoms with Crippen LogP contribution in [0, 0.1) is 5.92 Å². The summed E-state index contributed by atoms with van der Waals surface area (Å²) in [6.07, 6.45) is 1.61. The summed E-state index contributed by atoms with van der Waals surface area (Å²) >= 11 is 1.48. The fourth-order valence-electron chi connectivity index (χ4n) is 5.45. The van der Waals surface area contributed by atoms with Gasteiger partial charge in [0.1, 0.15) is 18.2 Å². The van der Waals surface area contributed by atoms with Gasteiger partial charge in [-0.05, 0) is 54.4 Å². The van der Waals surface area contributed by atoms with Gasteiger partial charge in [0.05, 0.1) is 5.37 Å². The van der Waals surface area contributed by atoms with E-state index in [4.69, 9.17) is 4.74 Å². The zero-order valence-corrected chi connectivity index (χ0v) is 20.7. The summed E-state index contributed by atoms with van der Waals surface area (Å²) in [6, 6.07) is 15.4. The van der Waals surface area contributed by atoms with Crippen LogP contribution in [-0.4, -0.2) is 57.3 Å². The lowest BCUT2D eigenvalue weighted by molar-refractivity contribution is -0.152. The number of alkyl carbamates (subject to hydrolysis) is 1. The van der Waals surface area contributed by atoms with Gasteiger partial charge in [-0.2, -0.15) is 0 Å². The highest BCUT2D eigenvalue weighted by molar-refractivity contribution is 8.00. The first kappa shape index (κ1) is 23.7. The molecule has 2 fully saturated rings. The molecular formula is C27H30N2O5S. The molecule has 1 aliphatic heterocycles. The lowest BCUT2D eigenvalue weighted by Crippen LogP contribution is -2.62. The molecule has 0 bridgehead atoms. The van der Waals surface area contributed by atoms with E-state index in [0.717, 1.165) is 35.1 Å². The van der Waals surface area contributed by atoms with Gasteiger partial charge in [0.2, 0.25) is 5.91 Å². The van der Waals surface area contributed by atoms with Gasteiger partial charge in [0, 0.05) is 11.7 Å². The summed E-state index contributed by atoms with van der Waals surface area (Å²) in [4.78, 5) is 40.1. The summed E-state index contributed by atoms with van der Waals surface area (Å²) in [5, 5.41) is 12.3. The fraction of sp³-hybridized carbons (Fsp3) is 0.444. The van der Waals surface area contributed by atoms with E-state index in [9.17, 15) is 19.5 Å². The Morgan fingerprint density at radius 2 is 1.69 bits per heavy atom. The number of carboxylic acid groups (broad SMARTS) is 1. The number of nitrogens with zero attached hydrogens (tertiary/aromatic N) is 1. The monoisotopic (exact) mass is 494 g/mol. The van der Waals surface area contributed by atoms with Crippen molar-refractivity contribution in [3.05, 3.63) is 59.7 Å². The van der Waals surface area contributed by atoms with Gasteiger partial charge in [-0.15, -0.1) is 11.8 Å². The average molecular weight is 495 g/mol. The number of aliphatic carboxylic acids is 1. The molecular weight excluding hydrogens is 464 g/mol. The van der Waals surface area contributed by atoms with E-state index in [1.54, 1.807) is 6.92 Å². The van der Waals surface area contributed by atoms with Gasteiger partial charge in [0.15, 0.2) is 0 Å². The largest absolute Gasteiger partial charge is 0.480 e. The minimum atomic E-state index is -1.20. The quantitative estimate of drug-likeness (QED) is 0.590. The highest BCUT2D eigenvalue weighted by Crippen LogP contribution is 2.45. The zero-order chi connectivity index (χ0) is 24.7. The average Bonchev–Trinajstić information content (AvgIpc) is 3.55. The number of hydrogen-bond donors (Lipinski definition) is 2. The minimum Gasteiger partial charge on any atom is -0.480 e. The van der Waals surface area contributed by atoms with Crippen LogP contribution in [-0.2, 0) is 14.3 Å². The van der Waals surface area contributed by atoms with E-state index < -0.39 is 23.6 Å². The molecule has 2 aromatic rings. The van der Waals surface area contributed by atoms with Crippen LogP contribution < -0.4 is 5.32 Å². The van der Waals surface area contributed by atoms with Crippen LogP contribution in [0.2, 0.25) is 0 Å². The lowest BCUT2D eigenvalue weighted by Gasteiger charge is -2.37. The van der Waals surface area contributed by atoms with Gasteiger partial charge < -0.3 is 20.1 Å². The zero-order valence-electron chi connectivity index (χ0n) is 19.9. The van der Waals surface area contributed by atoms with E-state index in [2.05, 4.69) is 29.6 Å². The van der Waals surface area contributed by atoms with Crippen molar-refractivity contribution in [3.8, 4) is 11.1 Å². The second-order valence-corrected chi connectivity index (χ2v) is 10.9. The van der Waals surface area contributed by atoms with Crippen molar-refractivity contribution in [2.75, 3.05) is 12.4 Å². The molecule has 3 unspecified atom stereocenters. The van der Waals surface area contributed by atoms with E-state index in [0.29, 0.717) is 12.2 Å². The van der Waals surface area contributed by atoms with Crippen LogP contribution in [0.25, 0.3) is 11.1 Å². The normalized spacial score (nSPS) is 22.7. The lowest BCUT2D eigenvalue weighted by atomic mass is 9.93. The van der Waals surface area contributed by atoms with Crippen molar-refractivity contribution in [2.24, 2.45) is 5.92 Å². The van der Waals surface area contributed by atoms with Crippen molar-refractivity contribution >= 4 is 29.7 Å². The Bertz CT molecular complexity index is 1120. The third-order valence-corrected chi connectivity index (χ3v) is 8.96. The number of hydrogen-bond acceptors (Lipinski definition) is 5. The Hall–Kier alpha value is -3.00. The molecule has 2 amide bonds. The van der Waals surface area contributed by atoms with E-state index >= 15 is 0 Å². The number of carbonyl (C=O) groups is 3. The number of carboxylic acids is 1. The number of nitrogens with one attached hydrogen (secondary N) is 1. The fourth-order valence-corrected chi connectivity index (χ4v) is 6.79. The molecule has 0 radical (unpaired) electrons. The van der Waals surface area contributed by atoms with E-state index in [1.165, 1.54) is 16.7 Å². The van der Waals surface area contributed by atoms with Gasteiger partial charge in [-0.1, -0.05) is 55.5 Å². The molecule has 2 aliphatic carbocycles. The molecule has 0 aromatic heterocycles. The number of rotatable bonds is 7. The highest BCUT2D eigenvalue weighted by Gasteiger charge is 2.54. The first-order valence-electron chi connectivity index (χ1n) is 12.2. The predicted molar refractivity (Wildman–Crippen MR) is 134 cm³/mol. The Morgan fingerprint density at radius 3 is 2.23 bits per heavy atom. The van der Waals surface area contributed by atoms with Crippen LogP contribution in [0.1, 0.15) is 50.2 Å². The molecule has 1 saturated carbocycles. The third kappa shape index (κ3) is 4.18. The van der Waals surface area contributed by atoms with Crippen LogP contribution in [0.15, 0.2) is 48.5 Å². The number of amides is 2. The SMILES string of the molecule is CCC1SCC(C(=O)O)N1C(=O)C(C)(NC(=O)OCC1c2ccccc2-c2ccccc21)C1CC1. The maximum absolute atomic E-state index is 13.7. The van der Waals surface area contributed by atoms with Crippen molar-refractivity contribution in [1.29, 1.82) is 0 Å². The van der Waals surface area contributed by atoms with Crippen molar-refractivity contribution in [1.82, 2.24) is 10.2 Å². The Morgan fingerprint density at radius 1 is 1.09 bits per heavy atom. The van der Waals surface area contributed by atoms with E-state index in [1.807, 2.05) is 31.2 Å². The summed E-state index contributed by atoms with van der Waals surface area (Å²) in [5.41, 5.74) is 3.33. The third-order valence-electron chi connectivity index (χ3n) is 7.50. The highest BCUT2D eigenvalue weighted by atomic mass is 32.2. The second-order valence-electron chi connectivity index (χ2n) is 9.69. The molecule has 184 valence electrons. The molecule has 7 nitrogen and oxygen atoms in total. The predicted octanol–water partition coefficient (Wildman–Crippen LogP) is 4.46. The molecule has 1 saturated heterocycles. The van der Waals surface area contributed by atoms with Crippen LogP contribution in [0.3, 0.4) is 0 Å². The Balaban J connectivity index is 1.32. The summed E-state index contributed by atoms with van der Waals surface area (Å²) in [5.74, 6) is -1.11. The summed E-state index contributed by atoms with van der Waals surface area (Å²) < 4.78 is 5.71. The molecule has 2 N–H and O–H groups in total. The van der Waals surface area contributed by atoms with Gasteiger partial charge >= 0.3 is 12.1 Å². The standard InChI is InChI=1S/C27H30N2O5S/c1-3-23-29(22(15-35-23)24(30)31)25(32)27(2,16-12-13-16)28-26(33)34-14-21-19-10-6-4-8-17(19)18-9-5-7-11-20(18)21/h4-11,16,21-23H,3,12-15H2,1-2H3,(H,28,33)(H,30,31). The van der Waals surface area contributed by atoms with Crippen LogP contribution >= 0.6 is 11.8 Å². The molecule has 1 heterocycles. The molecule has 3 aliphatic rings. The molecule has 0 spiro atoms. The van der Waals surface area contributed by atoms with Crippen molar-refractivity contribution < 1.29 is 24.2 Å². The van der Waals surface area contributed by atoms with Crippen LogP contribution in [0.5, 0.6) is 0 Å². The van der Waals surface area contributed by atoms with Crippen molar-refractivity contribution in [2.45, 2.75) is 56.0 Å². The smallest absolute Gasteiger partial charge is 0.408 e. The number of benzene rings is 2. The number of fused-ring (bicyclic) bond motifs is 3. The second kappa shape index (κ2) is 9.22. The molecule has 8 heteroatoms. The number of ether oxygens (including phenoxy) is 1. The van der Waals surface area contributed by atoms with Gasteiger partial charge in [0.25, 0.3) is 0 Å². The first-order valence-corrected chi connectivity index (χ1v) is 13.2. The van der Waals surface area contributed by atoms with Gasteiger partial charge in [-0.25, -0.2) is 9.59 Å². The van der Waals surface area contributed by atoms with Gasteiger partial charge in [-0.3, -0.25) is 4.79 Å². The summed E-state index contributed by atoms with van der Waals surface area (Å²) in [7, 11) is 0. The maximum atomic E-state index is 13.7. The van der Waals surface area contributed by atoms with Crippen LogP contribution in [0.4, 0.5) is 4.79 Å². The Kier molecular flexibility index (Phi) is 6.25. The molecule has 5 rings (SSSR count). The topological polar surface area (TPSA) is 95.9 Å². The number of thioether (sulfide) groups is 1. The first-order chi connectivity index (χ1) is 16.8. The maximum Gasteiger partial charge on any atom is 0.408 e. The summed E-state index contributed by atoms with van der Waals surface area (Å²) in [6.45, 7) is 3.81.